The number of nitrogens with zero attached hydrogens (tertiary/aromatic N) is 1. The molecular weight excluding hydrogens is 194 g/mol. The van der Waals surface area contributed by atoms with E-state index in [4.69, 9.17) is 15.1 Å². The number of benzene rings is 1. The zero-order chi connectivity index (χ0) is 11.1. The highest BCUT2D eigenvalue weighted by Gasteiger charge is 2.05. The summed E-state index contributed by atoms with van der Waals surface area (Å²) in [6, 6.07) is 7.33. The molecule has 0 fully saturated rings. The van der Waals surface area contributed by atoms with Crippen LogP contribution in [0.4, 0.5) is 0 Å². The van der Waals surface area contributed by atoms with Crippen molar-refractivity contribution in [3.05, 3.63) is 29.8 Å². The zero-order valence-corrected chi connectivity index (χ0v) is 8.68. The molecule has 1 aromatic carbocycles. The van der Waals surface area contributed by atoms with Crippen LogP contribution in [0.3, 0.4) is 0 Å². The number of para-hydroxylation sites is 1. The van der Waals surface area contributed by atoms with Crippen molar-refractivity contribution < 1.29 is 15.1 Å². The van der Waals surface area contributed by atoms with Crippen molar-refractivity contribution in [2.24, 2.45) is 5.16 Å². The summed E-state index contributed by atoms with van der Waals surface area (Å²) in [5.74, 6) is 0.668. The van der Waals surface area contributed by atoms with E-state index in [9.17, 15) is 0 Å². The van der Waals surface area contributed by atoms with E-state index in [2.05, 4.69) is 5.16 Å². The second-order valence-corrected chi connectivity index (χ2v) is 3.11. The maximum atomic E-state index is 8.68. The molecule has 0 bridgehead atoms. The van der Waals surface area contributed by atoms with Gasteiger partial charge in [0.15, 0.2) is 0 Å². The van der Waals surface area contributed by atoms with Gasteiger partial charge in [0.05, 0.1) is 12.3 Å². The summed E-state index contributed by atoms with van der Waals surface area (Å²) in [6.45, 7) is 2.26. The van der Waals surface area contributed by atoms with Crippen molar-refractivity contribution in [1.82, 2.24) is 0 Å². The molecule has 0 aromatic heterocycles. The van der Waals surface area contributed by atoms with Crippen molar-refractivity contribution in [1.29, 1.82) is 0 Å². The van der Waals surface area contributed by atoms with Crippen LogP contribution >= 0.6 is 0 Å². The van der Waals surface area contributed by atoms with Crippen LogP contribution in [0.25, 0.3) is 0 Å². The highest BCUT2D eigenvalue weighted by molar-refractivity contribution is 6.00. The highest BCUT2D eigenvalue weighted by Crippen LogP contribution is 2.18. The van der Waals surface area contributed by atoms with Gasteiger partial charge in [-0.3, -0.25) is 0 Å². The predicted octanol–water partition coefficient (Wildman–Crippen LogP) is 1.65. The van der Waals surface area contributed by atoms with E-state index in [0.29, 0.717) is 24.5 Å². The van der Waals surface area contributed by atoms with Crippen LogP contribution < -0.4 is 4.74 Å². The Balaban J connectivity index is 2.77. The molecule has 0 amide bonds. The monoisotopic (exact) mass is 209 g/mol. The summed E-state index contributed by atoms with van der Waals surface area (Å²) < 4.78 is 5.45. The fraction of sp³-hybridized carbons (Fsp3) is 0.364. The third kappa shape index (κ3) is 3.25. The van der Waals surface area contributed by atoms with E-state index in [1.54, 1.807) is 13.0 Å². The van der Waals surface area contributed by atoms with Crippen LogP contribution in [-0.4, -0.2) is 29.2 Å². The van der Waals surface area contributed by atoms with Crippen LogP contribution in [0, 0.1) is 0 Å². The van der Waals surface area contributed by atoms with E-state index in [-0.39, 0.29) is 6.61 Å². The van der Waals surface area contributed by atoms with E-state index >= 15 is 0 Å². The van der Waals surface area contributed by atoms with Crippen molar-refractivity contribution in [3.8, 4) is 5.75 Å². The van der Waals surface area contributed by atoms with E-state index in [1.165, 1.54) is 0 Å². The minimum atomic E-state index is 0.106. The summed E-state index contributed by atoms with van der Waals surface area (Å²) in [6.07, 6.45) is 0.587. The summed E-state index contributed by atoms with van der Waals surface area (Å²) in [5.41, 5.74) is 1.27. The Bertz CT molecular complexity index is 336. The number of ether oxygens (including phenoxy) is 1. The minimum Gasteiger partial charge on any atom is -0.493 e. The van der Waals surface area contributed by atoms with Crippen molar-refractivity contribution in [2.45, 2.75) is 13.3 Å². The summed E-state index contributed by atoms with van der Waals surface area (Å²) >= 11 is 0. The van der Waals surface area contributed by atoms with E-state index < -0.39 is 0 Å². The average Bonchev–Trinajstić information content (AvgIpc) is 2.29. The van der Waals surface area contributed by atoms with Gasteiger partial charge in [0, 0.05) is 18.6 Å². The number of aliphatic hydroxyl groups is 1. The van der Waals surface area contributed by atoms with Gasteiger partial charge in [0.25, 0.3) is 0 Å². The molecule has 2 N–H and O–H groups in total. The molecule has 15 heavy (non-hydrogen) atoms. The average molecular weight is 209 g/mol. The standard InChI is InChI=1S/C11H15NO3/c1-9(12-14)10-5-2-3-6-11(10)15-8-4-7-13/h2-3,5-6,13-14H,4,7-8H2,1H3. The molecule has 1 rings (SSSR count). The van der Waals surface area contributed by atoms with Crippen LogP contribution in [0.2, 0.25) is 0 Å². The number of hydrogen-bond donors (Lipinski definition) is 2. The smallest absolute Gasteiger partial charge is 0.128 e. The molecule has 0 atom stereocenters. The first-order valence-corrected chi connectivity index (χ1v) is 4.81. The Labute approximate surface area is 88.8 Å². The molecule has 1 aromatic rings. The highest BCUT2D eigenvalue weighted by atomic mass is 16.5. The maximum Gasteiger partial charge on any atom is 0.128 e. The molecule has 4 nitrogen and oxygen atoms in total. The molecule has 0 saturated carbocycles. The molecule has 4 heteroatoms. The predicted molar refractivity (Wildman–Crippen MR) is 57.6 cm³/mol. The van der Waals surface area contributed by atoms with E-state index in [0.717, 1.165) is 5.56 Å². The van der Waals surface area contributed by atoms with Gasteiger partial charge in [0.1, 0.15) is 5.75 Å². The molecule has 0 heterocycles. The Kier molecular flexibility index (Phi) is 4.63. The van der Waals surface area contributed by atoms with Gasteiger partial charge in [-0.25, -0.2) is 0 Å². The third-order valence-electron chi connectivity index (χ3n) is 1.99. The topological polar surface area (TPSA) is 62.1 Å². The molecule has 0 radical (unpaired) electrons. The SMILES string of the molecule is CC(=NO)c1ccccc1OCCCO. The number of aliphatic hydroxyl groups excluding tert-OH is 1. The molecule has 82 valence electrons. The van der Waals surface area contributed by atoms with Gasteiger partial charge < -0.3 is 15.1 Å². The summed E-state index contributed by atoms with van der Waals surface area (Å²) in [4.78, 5) is 0. The second-order valence-electron chi connectivity index (χ2n) is 3.11. The van der Waals surface area contributed by atoms with Crippen LogP contribution in [0.1, 0.15) is 18.9 Å². The van der Waals surface area contributed by atoms with Crippen LogP contribution in [0.5, 0.6) is 5.75 Å². The van der Waals surface area contributed by atoms with Gasteiger partial charge in [-0.05, 0) is 19.1 Å². The third-order valence-corrected chi connectivity index (χ3v) is 1.99. The van der Waals surface area contributed by atoms with E-state index in [1.807, 2.05) is 18.2 Å². The van der Waals surface area contributed by atoms with Crippen LogP contribution in [-0.2, 0) is 0 Å². The first kappa shape index (κ1) is 11.5. The van der Waals surface area contributed by atoms with Gasteiger partial charge >= 0.3 is 0 Å². The van der Waals surface area contributed by atoms with Gasteiger partial charge in [-0.1, -0.05) is 17.3 Å². The van der Waals surface area contributed by atoms with Gasteiger partial charge in [0.2, 0.25) is 0 Å². The lowest BCUT2D eigenvalue weighted by atomic mass is 10.1. The molecule has 0 spiro atoms. The summed E-state index contributed by atoms with van der Waals surface area (Å²) in [7, 11) is 0. The van der Waals surface area contributed by atoms with Crippen molar-refractivity contribution in [3.63, 3.8) is 0 Å². The molecule has 0 aliphatic carbocycles. The number of oxime groups is 1. The van der Waals surface area contributed by atoms with Gasteiger partial charge in [-0.2, -0.15) is 0 Å². The fourth-order valence-electron chi connectivity index (χ4n) is 1.19. The lowest BCUT2D eigenvalue weighted by Crippen LogP contribution is -2.04. The Morgan fingerprint density at radius 1 is 1.40 bits per heavy atom. The van der Waals surface area contributed by atoms with Crippen LogP contribution in [0.15, 0.2) is 29.4 Å². The number of rotatable bonds is 5. The van der Waals surface area contributed by atoms with Crippen molar-refractivity contribution in [2.75, 3.05) is 13.2 Å². The molecule has 0 saturated heterocycles. The molecule has 0 aliphatic rings. The zero-order valence-electron chi connectivity index (χ0n) is 8.68. The minimum absolute atomic E-state index is 0.106. The lowest BCUT2D eigenvalue weighted by molar-refractivity contribution is 0.233. The molecule has 0 aliphatic heterocycles. The first-order valence-electron chi connectivity index (χ1n) is 4.81. The quantitative estimate of drug-likeness (QED) is 0.335. The first-order chi connectivity index (χ1) is 7.29. The normalized spacial score (nSPS) is 11.5. The van der Waals surface area contributed by atoms with Crippen molar-refractivity contribution >= 4 is 5.71 Å². The Hall–Kier alpha value is -1.55. The fourth-order valence-corrected chi connectivity index (χ4v) is 1.19. The maximum absolute atomic E-state index is 8.68. The summed E-state index contributed by atoms with van der Waals surface area (Å²) in [5, 5.41) is 20.4. The largest absolute Gasteiger partial charge is 0.493 e. The van der Waals surface area contributed by atoms with Gasteiger partial charge in [-0.15, -0.1) is 0 Å². The Morgan fingerprint density at radius 2 is 2.13 bits per heavy atom. The lowest BCUT2D eigenvalue weighted by Gasteiger charge is -2.09. The molecular formula is C11H15NO3. The molecule has 0 unspecified atom stereocenters. The number of hydrogen-bond acceptors (Lipinski definition) is 4. The Morgan fingerprint density at radius 3 is 2.80 bits per heavy atom. The second kappa shape index (κ2) is 6.03.